The molecule has 34 heavy (non-hydrogen) atoms. The number of carbonyl (C=O) groups excluding carboxylic acids is 2. The van der Waals surface area contributed by atoms with Crippen LogP contribution in [0.4, 0.5) is 17.1 Å². The van der Waals surface area contributed by atoms with E-state index < -0.39 is 0 Å². The molecule has 0 fully saturated rings. The standard InChI is InChI=1S/C28H33N3O3/c1-2-3-4-5-9-18-34-26-17-11-14-23(20-26)29-21-27(32)30-24-15-10-16-25(19-24)31-28(33)22-12-7-6-8-13-22/h6-8,10-17,19-20,29H,2-5,9,18,21H2,1H3,(H,30,32)(H,31,33). The molecule has 3 aromatic carbocycles. The molecule has 0 aromatic heterocycles. The van der Waals surface area contributed by atoms with Crippen LogP contribution in [0.3, 0.4) is 0 Å². The minimum absolute atomic E-state index is 0.112. The lowest BCUT2D eigenvalue weighted by atomic mass is 10.2. The summed E-state index contributed by atoms with van der Waals surface area (Å²) in [4.78, 5) is 24.8. The Hall–Kier alpha value is -3.80. The summed E-state index contributed by atoms with van der Waals surface area (Å²) in [6, 6.07) is 23.7. The maximum Gasteiger partial charge on any atom is 0.255 e. The molecule has 0 aliphatic carbocycles. The van der Waals surface area contributed by atoms with Crippen LogP contribution in [-0.2, 0) is 4.79 Å². The normalized spacial score (nSPS) is 10.4. The molecule has 0 bridgehead atoms. The molecule has 3 rings (SSSR count). The average molecular weight is 460 g/mol. The zero-order valence-electron chi connectivity index (χ0n) is 19.7. The van der Waals surface area contributed by atoms with Gasteiger partial charge in [-0.1, -0.05) is 62.9 Å². The summed E-state index contributed by atoms with van der Waals surface area (Å²) in [5, 5.41) is 8.83. The van der Waals surface area contributed by atoms with Crippen LogP contribution in [-0.4, -0.2) is 25.0 Å². The largest absolute Gasteiger partial charge is 0.494 e. The van der Waals surface area contributed by atoms with E-state index >= 15 is 0 Å². The number of hydrogen-bond acceptors (Lipinski definition) is 4. The summed E-state index contributed by atoms with van der Waals surface area (Å²) >= 11 is 0. The van der Waals surface area contributed by atoms with Crippen LogP contribution in [0.1, 0.15) is 49.4 Å². The fourth-order valence-corrected chi connectivity index (χ4v) is 3.45. The van der Waals surface area contributed by atoms with Crippen molar-refractivity contribution < 1.29 is 14.3 Å². The van der Waals surface area contributed by atoms with Crippen molar-refractivity contribution in [2.24, 2.45) is 0 Å². The van der Waals surface area contributed by atoms with Gasteiger partial charge in [-0.05, 0) is 48.9 Å². The van der Waals surface area contributed by atoms with Gasteiger partial charge in [0.05, 0.1) is 13.2 Å². The zero-order valence-corrected chi connectivity index (χ0v) is 19.7. The Morgan fingerprint density at radius 3 is 2.24 bits per heavy atom. The Morgan fingerprint density at radius 1 is 0.735 bits per heavy atom. The minimum atomic E-state index is -0.200. The van der Waals surface area contributed by atoms with Crippen molar-refractivity contribution in [3.8, 4) is 5.75 Å². The highest BCUT2D eigenvalue weighted by molar-refractivity contribution is 6.04. The van der Waals surface area contributed by atoms with Crippen molar-refractivity contribution in [1.82, 2.24) is 0 Å². The van der Waals surface area contributed by atoms with Crippen molar-refractivity contribution in [1.29, 1.82) is 0 Å². The third kappa shape index (κ3) is 8.62. The van der Waals surface area contributed by atoms with E-state index in [0.29, 0.717) is 23.5 Å². The Morgan fingerprint density at radius 2 is 1.44 bits per heavy atom. The lowest BCUT2D eigenvalue weighted by Gasteiger charge is -2.11. The van der Waals surface area contributed by atoms with E-state index in [1.807, 2.05) is 42.5 Å². The number of hydrogen-bond donors (Lipinski definition) is 3. The van der Waals surface area contributed by atoms with Gasteiger partial charge in [0.25, 0.3) is 5.91 Å². The predicted molar refractivity (Wildman–Crippen MR) is 139 cm³/mol. The average Bonchev–Trinajstić information content (AvgIpc) is 2.86. The zero-order chi connectivity index (χ0) is 24.0. The summed E-state index contributed by atoms with van der Waals surface area (Å²) in [6.07, 6.45) is 5.99. The molecule has 0 saturated heterocycles. The van der Waals surface area contributed by atoms with E-state index in [1.54, 1.807) is 36.4 Å². The number of rotatable bonds is 13. The molecule has 0 heterocycles. The van der Waals surface area contributed by atoms with E-state index in [4.69, 9.17) is 4.74 Å². The second-order valence-electron chi connectivity index (χ2n) is 8.09. The highest BCUT2D eigenvalue weighted by Crippen LogP contribution is 2.19. The fraction of sp³-hybridized carbons (Fsp3) is 0.286. The van der Waals surface area contributed by atoms with E-state index in [9.17, 15) is 9.59 Å². The van der Waals surface area contributed by atoms with Crippen LogP contribution < -0.4 is 20.7 Å². The third-order valence-corrected chi connectivity index (χ3v) is 5.24. The van der Waals surface area contributed by atoms with Crippen molar-refractivity contribution >= 4 is 28.9 Å². The first kappa shape index (κ1) is 24.8. The molecular weight excluding hydrogens is 426 g/mol. The first-order valence-corrected chi connectivity index (χ1v) is 11.9. The fourth-order valence-electron chi connectivity index (χ4n) is 3.45. The first-order chi connectivity index (χ1) is 16.6. The predicted octanol–water partition coefficient (Wildman–Crippen LogP) is 6.34. The van der Waals surface area contributed by atoms with Crippen LogP contribution in [0, 0.1) is 0 Å². The van der Waals surface area contributed by atoms with Crippen molar-refractivity contribution in [2.45, 2.75) is 39.0 Å². The van der Waals surface area contributed by atoms with Gasteiger partial charge >= 0.3 is 0 Å². The molecule has 2 amide bonds. The highest BCUT2D eigenvalue weighted by atomic mass is 16.5. The van der Waals surface area contributed by atoms with Gasteiger partial charge in [-0.25, -0.2) is 0 Å². The molecular formula is C28H33N3O3. The van der Waals surface area contributed by atoms with E-state index in [2.05, 4.69) is 22.9 Å². The lowest BCUT2D eigenvalue weighted by molar-refractivity contribution is -0.114. The molecule has 6 nitrogen and oxygen atoms in total. The summed E-state index contributed by atoms with van der Waals surface area (Å²) in [5.41, 5.74) is 2.61. The van der Waals surface area contributed by atoms with Crippen LogP contribution in [0.2, 0.25) is 0 Å². The maximum atomic E-state index is 12.4. The molecule has 0 saturated carbocycles. The Kier molecular flexibility index (Phi) is 9.99. The molecule has 178 valence electrons. The summed E-state index contributed by atoms with van der Waals surface area (Å²) in [6.45, 7) is 3.02. The molecule has 0 aliphatic rings. The van der Waals surface area contributed by atoms with Gasteiger partial charge in [-0.15, -0.1) is 0 Å². The van der Waals surface area contributed by atoms with Crippen LogP contribution in [0.25, 0.3) is 0 Å². The van der Waals surface area contributed by atoms with E-state index in [0.717, 1.165) is 17.9 Å². The molecule has 0 unspecified atom stereocenters. The van der Waals surface area contributed by atoms with Crippen molar-refractivity contribution in [3.05, 3.63) is 84.4 Å². The van der Waals surface area contributed by atoms with Crippen LogP contribution in [0.5, 0.6) is 5.75 Å². The quantitative estimate of drug-likeness (QED) is 0.261. The lowest BCUT2D eigenvalue weighted by Crippen LogP contribution is -2.21. The van der Waals surface area contributed by atoms with Gasteiger partial charge in [0.15, 0.2) is 0 Å². The number of benzene rings is 3. The topological polar surface area (TPSA) is 79.5 Å². The Bertz CT molecular complexity index is 1050. The molecule has 6 heteroatoms. The van der Waals surface area contributed by atoms with E-state index in [1.165, 1.54) is 25.7 Å². The number of amides is 2. The first-order valence-electron chi connectivity index (χ1n) is 11.9. The van der Waals surface area contributed by atoms with Crippen molar-refractivity contribution in [3.63, 3.8) is 0 Å². The minimum Gasteiger partial charge on any atom is -0.494 e. The summed E-state index contributed by atoms with van der Waals surface area (Å²) in [5.74, 6) is 0.408. The highest BCUT2D eigenvalue weighted by Gasteiger charge is 2.07. The maximum absolute atomic E-state index is 12.4. The summed E-state index contributed by atoms with van der Waals surface area (Å²) in [7, 11) is 0. The second kappa shape index (κ2) is 13.7. The Balaban J connectivity index is 1.44. The number of carbonyl (C=O) groups is 2. The number of unbranched alkanes of at least 4 members (excludes halogenated alkanes) is 4. The molecule has 0 spiro atoms. The molecule has 3 aromatic rings. The number of nitrogens with one attached hydrogen (secondary N) is 3. The third-order valence-electron chi connectivity index (χ3n) is 5.24. The van der Waals surface area contributed by atoms with Gasteiger partial charge in [0, 0.05) is 28.7 Å². The second-order valence-corrected chi connectivity index (χ2v) is 8.09. The SMILES string of the molecule is CCCCCCCOc1cccc(NCC(=O)Nc2cccc(NC(=O)c3ccccc3)c2)c1. The molecule has 0 aliphatic heterocycles. The smallest absolute Gasteiger partial charge is 0.255 e. The van der Waals surface area contributed by atoms with Crippen LogP contribution >= 0.6 is 0 Å². The van der Waals surface area contributed by atoms with Crippen molar-refractivity contribution in [2.75, 3.05) is 29.1 Å². The number of ether oxygens (including phenoxy) is 1. The van der Waals surface area contributed by atoms with Gasteiger partial charge in [0.1, 0.15) is 5.75 Å². The van der Waals surface area contributed by atoms with Gasteiger partial charge in [-0.3, -0.25) is 9.59 Å². The molecule has 0 atom stereocenters. The van der Waals surface area contributed by atoms with Gasteiger partial charge in [-0.2, -0.15) is 0 Å². The van der Waals surface area contributed by atoms with Gasteiger partial charge in [0.2, 0.25) is 5.91 Å². The monoisotopic (exact) mass is 459 g/mol. The van der Waals surface area contributed by atoms with E-state index in [-0.39, 0.29) is 18.4 Å². The molecule has 3 N–H and O–H groups in total. The number of anilines is 3. The summed E-state index contributed by atoms with van der Waals surface area (Å²) < 4.78 is 5.83. The Labute approximate surface area is 201 Å². The van der Waals surface area contributed by atoms with Gasteiger partial charge < -0.3 is 20.7 Å². The van der Waals surface area contributed by atoms with Crippen LogP contribution in [0.15, 0.2) is 78.9 Å². The molecule has 0 radical (unpaired) electrons.